The van der Waals surface area contributed by atoms with Gasteiger partial charge in [0.1, 0.15) is 6.04 Å². The van der Waals surface area contributed by atoms with Gasteiger partial charge in [-0.25, -0.2) is 4.79 Å². The average molecular weight is 389 g/mol. The normalized spacial score (nSPS) is 15.5. The van der Waals surface area contributed by atoms with Crippen LogP contribution in [0.1, 0.15) is 68.6 Å². The lowest BCUT2D eigenvalue weighted by Crippen LogP contribution is -2.46. The summed E-state index contributed by atoms with van der Waals surface area (Å²) in [5.74, 6) is -0.313. The highest BCUT2D eigenvalue weighted by molar-refractivity contribution is 5.98. The Labute approximate surface area is 167 Å². The smallest absolute Gasteiger partial charge is 0.312 e. The molecule has 0 heterocycles. The van der Waals surface area contributed by atoms with Crippen molar-refractivity contribution in [3.8, 4) is 0 Å². The van der Waals surface area contributed by atoms with Gasteiger partial charge in [0.25, 0.3) is 5.91 Å². The second-order valence-corrected chi connectivity index (χ2v) is 7.48. The lowest BCUT2D eigenvalue weighted by molar-refractivity contribution is -0.118. The second kappa shape index (κ2) is 10.7. The maximum absolute atomic E-state index is 12.7. The molecule has 154 valence electrons. The number of nitrogens with two attached hydrogens (primary N) is 1. The molecule has 0 spiro atoms. The highest BCUT2D eigenvalue weighted by Gasteiger charge is 2.23. The first-order chi connectivity index (χ1) is 13.4. The third-order valence-electron chi connectivity index (χ3n) is 5.32. The molecule has 1 unspecified atom stereocenters. The van der Waals surface area contributed by atoms with E-state index in [9.17, 15) is 14.4 Å². The number of primary amides is 1. The van der Waals surface area contributed by atoms with Crippen LogP contribution in [0.3, 0.4) is 0 Å². The van der Waals surface area contributed by atoms with Crippen LogP contribution in [-0.2, 0) is 4.79 Å². The number of rotatable bonds is 8. The van der Waals surface area contributed by atoms with Crippen molar-refractivity contribution in [1.82, 2.24) is 10.2 Å². The molecule has 1 fully saturated rings. The molecular formula is C21H32N4O3. The molecule has 4 amide bonds. The molecule has 0 aliphatic heterocycles. The van der Waals surface area contributed by atoms with Crippen LogP contribution in [0.4, 0.5) is 10.5 Å². The molecule has 28 heavy (non-hydrogen) atoms. The minimum absolute atomic E-state index is 0.000920. The molecule has 1 saturated carbocycles. The van der Waals surface area contributed by atoms with E-state index in [1.54, 1.807) is 24.3 Å². The fraction of sp³-hybridized carbons (Fsp3) is 0.571. The summed E-state index contributed by atoms with van der Waals surface area (Å²) in [6.07, 6.45) is 7.95. The molecule has 0 bridgehead atoms. The first-order valence-corrected chi connectivity index (χ1v) is 10.2. The Hall–Kier alpha value is -2.57. The minimum Gasteiger partial charge on any atom is -0.352 e. The Kier molecular flexibility index (Phi) is 8.29. The summed E-state index contributed by atoms with van der Waals surface area (Å²) in [6.45, 7) is 2.01. The largest absolute Gasteiger partial charge is 0.352 e. The van der Waals surface area contributed by atoms with Crippen LogP contribution in [0.15, 0.2) is 24.3 Å². The van der Waals surface area contributed by atoms with Crippen molar-refractivity contribution < 1.29 is 14.4 Å². The second-order valence-electron chi connectivity index (χ2n) is 7.48. The molecule has 0 aromatic heterocycles. The third-order valence-corrected chi connectivity index (χ3v) is 5.32. The molecule has 7 heteroatoms. The van der Waals surface area contributed by atoms with Gasteiger partial charge in [0.2, 0.25) is 5.91 Å². The van der Waals surface area contributed by atoms with E-state index in [2.05, 4.69) is 10.6 Å². The maximum atomic E-state index is 12.7. The number of carbonyl (C=O) groups is 3. The number of anilines is 1. The van der Waals surface area contributed by atoms with E-state index in [1.807, 2.05) is 18.9 Å². The predicted octanol–water partition coefficient (Wildman–Crippen LogP) is 3.26. The zero-order valence-corrected chi connectivity index (χ0v) is 16.9. The summed E-state index contributed by atoms with van der Waals surface area (Å²) in [5, 5.41) is 5.26. The van der Waals surface area contributed by atoms with Gasteiger partial charge in [-0.15, -0.1) is 0 Å². The van der Waals surface area contributed by atoms with Gasteiger partial charge < -0.3 is 21.3 Å². The molecular weight excluding hydrogens is 356 g/mol. The molecule has 2 rings (SSSR count). The summed E-state index contributed by atoms with van der Waals surface area (Å²) in [4.78, 5) is 38.1. The summed E-state index contributed by atoms with van der Waals surface area (Å²) >= 11 is 0. The predicted molar refractivity (Wildman–Crippen MR) is 110 cm³/mol. The van der Waals surface area contributed by atoms with Crippen molar-refractivity contribution in [2.24, 2.45) is 5.73 Å². The van der Waals surface area contributed by atoms with E-state index in [4.69, 9.17) is 5.73 Å². The highest BCUT2D eigenvalue weighted by Crippen LogP contribution is 2.23. The first-order valence-electron chi connectivity index (χ1n) is 10.2. The average Bonchev–Trinajstić information content (AvgIpc) is 2.71. The lowest BCUT2D eigenvalue weighted by atomic mass is 9.94. The lowest BCUT2D eigenvalue weighted by Gasteiger charge is -2.31. The van der Waals surface area contributed by atoms with Crippen LogP contribution in [0.5, 0.6) is 0 Å². The van der Waals surface area contributed by atoms with E-state index >= 15 is 0 Å². The van der Waals surface area contributed by atoms with E-state index in [0.29, 0.717) is 23.7 Å². The van der Waals surface area contributed by atoms with Gasteiger partial charge in [0.05, 0.1) is 0 Å². The number of hydrogen-bond acceptors (Lipinski definition) is 3. The Morgan fingerprint density at radius 3 is 2.36 bits per heavy atom. The number of benzene rings is 1. The molecule has 4 N–H and O–H groups in total. The quantitative estimate of drug-likeness (QED) is 0.636. The van der Waals surface area contributed by atoms with Gasteiger partial charge in [-0.2, -0.15) is 0 Å². The van der Waals surface area contributed by atoms with Gasteiger partial charge in [-0.3, -0.25) is 9.59 Å². The number of unbranched alkanes of at least 4 members (excludes halogenated alkanes) is 1. The van der Waals surface area contributed by atoms with Crippen molar-refractivity contribution in [1.29, 1.82) is 0 Å². The number of amides is 4. The molecule has 7 nitrogen and oxygen atoms in total. The summed E-state index contributed by atoms with van der Waals surface area (Å²) in [6, 6.07) is 5.78. The zero-order valence-electron chi connectivity index (χ0n) is 16.9. The van der Waals surface area contributed by atoms with Crippen LogP contribution in [0, 0.1) is 0 Å². The SMILES string of the molecule is CCCCC(NC(N)=O)C(=O)Nc1ccc(C(=O)N(C)C2CCCCC2)cc1. The molecule has 0 saturated heterocycles. The molecule has 1 aromatic rings. The van der Waals surface area contributed by atoms with Crippen molar-refractivity contribution in [3.63, 3.8) is 0 Å². The Morgan fingerprint density at radius 1 is 1.14 bits per heavy atom. The highest BCUT2D eigenvalue weighted by atomic mass is 16.2. The topological polar surface area (TPSA) is 105 Å². The van der Waals surface area contributed by atoms with Gasteiger partial charge in [0.15, 0.2) is 0 Å². The number of hydrogen-bond donors (Lipinski definition) is 3. The van der Waals surface area contributed by atoms with E-state index in [0.717, 1.165) is 25.7 Å². The van der Waals surface area contributed by atoms with Crippen molar-refractivity contribution in [2.75, 3.05) is 12.4 Å². The van der Waals surface area contributed by atoms with E-state index in [-0.39, 0.29) is 11.8 Å². The van der Waals surface area contributed by atoms with Gasteiger partial charge in [0, 0.05) is 24.3 Å². The number of carbonyl (C=O) groups excluding carboxylic acids is 3. The summed E-state index contributed by atoms with van der Waals surface area (Å²) in [7, 11) is 1.86. The van der Waals surface area contributed by atoms with Crippen LogP contribution >= 0.6 is 0 Å². The Morgan fingerprint density at radius 2 is 1.79 bits per heavy atom. The van der Waals surface area contributed by atoms with Crippen LogP contribution in [0.25, 0.3) is 0 Å². The van der Waals surface area contributed by atoms with Crippen LogP contribution in [-0.4, -0.2) is 41.9 Å². The van der Waals surface area contributed by atoms with E-state index < -0.39 is 12.1 Å². The standard InChI is InChI=1S/C21H32N4O3/c1-3-4-10-18(24-21(22)28)19(26)23-16-13-11-15(12-14-16)20(27)25(2)17-8-6-5-7-9-17/h11-14,17-18H,3-10H2,1-2H3,(H,23,26)(H3,22,24,28). The summed E-state index contributed by atoms with van der Waals surface area (Å²) < 4.78 is 0. The fourth-order valence-corrected chi connectivity index (χ4v) is 3.61. The van der Waals surface area contributed by atoms with Gasteiger partial charge in [-0.05, 0) is 43.5 Å². The number of nitrogens with one attached hydrogen (secondary N) is 2. The van der Waals surface area contributed by atoms with Crippen molar-refractivity contribution >= 4 is 23.5 Å². The molecule has 1 aliphatic carbocycles. The zero-order chi connectivity index (χ0) is 20.5. The first kappa shape index (κ1) is 21.7. The molecule has 1 atom stereocenters. The Balaban J connectivity index is 1.97. The van der Waals surface area contributed by atoms with Crippen molar-refractivity contribution in [3.05, 3.63) is 29.8 Å². The van der Waals surface area contributed by atoms with Gasteiger partial charge in [-0.1, -0.05) is 39.0 Å². The maximum Gasteiger partial charge on any atom is 0.312 e. The third kappa shape index (κ3) is 6.25. The Bertz CT molecular complexity index is 669. The molecule has 1 aromatic carbocycles. The molecule has 1 aliphatic rings. The molecule has 0 radical (unpaired) electrons. The number of nitrogens with zero attached hydrogens (tertiary/aromatic N) is 1. The fourth-order valence-electron chi connectivity index (χ4n) is 3.61. The van der Waals surface area contributed by atoms with E-state index in [1.165, 1.54) is 19.3 Å². The van der Waals surface area contributed by atoms with Crippen molar-refractivity contribution in [2.45, 2.75) is 70.4 Å². The minimum atomic E-state index is -0.719. The van der Waals surface area contributed by atoms with Crippen LogP contribution in [0.2, 0.25) is 0 Å². The van der Waals surface area contributed by atoms with Gasteiger partial charge >= 0.3 is 6.03 Å². The number of urea groups is 1. The van der Waals surface area contributed by atoms with Crippen LogP contribution < -0.4 is 16.4 Å². The monoisotopic (exact) mass is 388 g/mol. The summed E-state index contributed by atoms with van der Waals surface area (Å²) in [5.41, 5.74) is 6.35.